The molecule has 0 radical (unpaired) electrons. The molecule has 3 aromatic rings. The Labute approximate surface area is 164 Å². The predicted molar refractivity (Wildman–Crippen MR) is 108 cm³/mol. The second-order valence-corrected chi connectivity index (χ2v) is 7.65. The van der Waals surface area contributed by atoms with Gasteiger partial charge < -0.3 is 19.2 Å². The third kappa shape index (κ3) is 4.11. The second-order valence-electron chi connectivity index (χ2n) is 7.65. The molecule has 5 heteroatoms. The highest BCUT2D eigenvalue weighted by Gasteiger charge is 2.20. The van der Waals surface area contributed by atoms with Crippen LogP contribution < -0.4 is 15.3 Å². The van der Waals surface area contributed by atoms with Crippen LogP contribution in [0, 0.1) is 0 Å². The molecule has 1 unspecified atom stereocenters. The Balaban J connectivity index is 1.37. The summed E-state index contributed by atoms with van der Waals surface area (Å²) in [6.45, 7) is 1.64. The summed E-state index contributed by atoms with van der Waals surface area (Å²) in [4.78, 5) is 13.3. The first-order valence-electron chi connectivity index (χ1n) is 9.85. The van der Waals surface area contributed by atoms with E-state index in [9.17, 15) is 9.90 Å². The Hall–Kier alpha value is -2.63. The van der Waals surface area contributed by atoms with Crippen LogP contribution in [0.15, 0.2) is 57.7 Å². The van der Waals surface area contributed by atoms with E-state index in [0.29, 0.717) is 17.9 Å². The van der Waals surface area contributed by atoms with Crippen molar-refractivity contribution >= 4 is 11.0 Å². The molecule has 0 aliphatic heterocycles. The summed E-state index contributed by atoms with van der Waals surface area (Å²) in [5.41, 5.74) is 3.50. The van der Waals surface area contributed by atoms with E-state index in [4.69, 9.17) is 9.15 Å². The van der Waals surface area contributed by atoms with Gasteiger partial charge >= 0.3 is 5.63 Å². The highest BCUT2D eigenvalue weighted by atomic mass is 16.5. The van der Waals surface area contributed by atoms with Crippen LogP contribution in [0.5, 0.6) is 5.75 Å². The Morgan fingerprint density at radius 1 is 1.14 bits per heavy atom. The molecule has 1 aliphatic carbocycles. The minimum atomic E-state index is -0.577. The number of benzene rings is 2. The number of aryl methyl sites for hydroxylation is 1. The second kappa shape index (κ2) is 8.17. The molecule has 0 spiro atoms. The lowest BCUT2D eigenvalue weighted by atomic mass is 10.1. The Bertz CT molecular complexity index is 1010. The number of hydrogen-bond donors (Lipinski definition) is 2. The van der Waals surface area contributed by atoms with Crippen molar-refractivity contribution < 1.29 is 19.2 Å². The highest BCUT2D eigenvalue weighted by Crippen LogP contribution is 2.29. The van der Waals surface area contributed by atoms with E-state index in [0.717, 1.165) is 42.3 Å². The first kappa shape index (κ1) is 18.7. The van der Waals surface area contributed by atoms with E-state index >= 15 is 0 Å². The molecule has 1 heterocycles. The first-order valence-corrected chi connectivity index (χ1v) is 9.85. The minimum absolute atomic E-state index is 0.201. The summed E-state index contributed by atoms with van der Waals surface area (Å²) in [6, 6.07) is 15.8. The minimum Gasteiger partial charge on any atom is -0.491 e. The average Bonchev–Trinajstić information content (AvgIpc) is 3.18. The number of hydrogen-bond acceptors (Lipinski definition) is 4. The van der Waals surface area contributed by atoms with Crippen molar-refractivity contribution in [2.45, 2.75) is 31.9 Å². The van der Waals surface area contributed by atoms with Crippen molar-refractivity contribution in [3.05, 3.63) is 75.6 Å². The van der Waals surface area contributed by atoms with Crippen molar-refractivity contribution in [3.8, 4) is 5.75 Å². The average molecular weight is 380 g/mol. The lowest BCUT2D eigenvalue weighted by molar-refractivity contribution is -0.897. The Morgan fingerprint density at radius 2 is 1.93 bits per heavy atom. The van der Waals surface area contributed by atoms with E-state index in [1.54, 1.807) is 6.07 Å². The highest BCUT2D eigenvalue weighted by molar-refractivity contribution is 5.83. The van der Waals surface area contributed by atoms with Gasteiger partial charge in [-0.1, -0.05) is 30.3 Å². The normalized spacial score (nSPS) is 15.4. The molecule has 5 nitrogen and oxygen atoms in total. The monoisotopic (exact) mass is 380 g/mol. The van der Waals surface area contributed by atoms with Gasteiger partial charge in [-0.2, -0.15) is 0 Å². The fourth-order valence-corrected chi connectivity index (χ4v) is 4.02. The third-order valence-electron chi connectivity index (χ3n) is 5.32. The maximum Gasteiger partial charge on any atom is 0.339 e. The summed E-state index contributed by atoms with van der Waals surface area (Å²) < 4.78 is 11.2. The number of aliphatic hydroxyl groups excluding tert-OH is 1. The number of aliphatic hydroxyl groups is 1. The zero-order valence-electron chi connectivity index (χ0n) is 16.1. The van der Waals surface area contributed by atoms with Crippen LogP contribution in [0.2, 0.25) is 0 Å². The number of nitrogens with one attached hydrogen (secondary N) is 1. The van der Waals surface area contributed by atoms with Gasteiger partial charge in [0.15, 0.2) is 0 Å². The molecule has 0 saturated heterocycles. The molecular formula is C23H26NO4+. The van der Waals surface area contributed by atoms with Crippen LogP contribution in [-0.4, -0.2) is 31.4 Å². The largest absolute Gasteiger partial charge is 0.491 e. The number of rotatable bonds is 7. The topological polar surface area (TPSA) is 64.1 Å². The number of fused-ring (bicyclic) bond motifs is 3. The van der Waals surface area contributed by atoms with Crippen LogP contribution in [0.25, 0.3) is 11.0 Å². The molecule has 4 rings (SSSR count). The van der Waals surface area contributed by atoms with Gasteiger partial charge in [0, 0.05) is 22.6 Å². The molecule has 2 atom stereocenters. The molecule has 0 amide bonds. The molecule has 28 heavy (non-hydrogen) atoms. The fourth-order valence-electron chi connectivity index (χ4n) is 4.02. The van der Waals surface area contributed by atoms with Crippen molar-refractivity contribution in [1.29, 1.82) is 0 Å². The summed E-state index contributed by atoms with van der Waals surface area (Å²) >= 11 is 0. The number of ether oxygens (including phenoxy) is 1. The lowest BCUT2D eigenvalue weighted by Gasteiger charge is -2.18. The Morgan fingerprint density at radius 3 is 2.75 bits per heavy atom. The van der Waals surface area contributed by atoms with E-state index < -0.39 is 6.10 Å². The summed E-state index contributed by atoms with van der Waals surface area (Å²) in [5.74, 6) is 0.605. The molecule has 146 valence electrons. The van der Waals surface area contributed by atoms with Gasteiger partial charge in [-0.15, -0.1) is 0 Å². The van der Waals surface area contributed by atoms with Gasteiger partial charge in [0.2, 0.25) is 0 Å². The first-order chi connectivity index (χ1) is 13.6. The van der Waals surface area contributed by atoms with Crippen molar-refractivity contribution in [3.63, 3.8) is 0 Å². The van der Waals surface area contributed by atoms with Crippen molar-refractivity contribution in [2.75, 3.05) is 20.2 Å². The van der Waals surface area contributed by atoms with Gasteiger partial charge in [0.05, 0.1) is 7.05 Å². The fraction of sp³-hybridized carbons (Fsp3) is 0.348. The smallest absolute Gasteiger partial charge is 0.339 e. The predicted octanol–water partition coefficient (Wildman–Crippen LogP) is 1.74. The molecule has 0 saturated carbocycles. The SMILES string of the molecule is C[NH+](Cc1ccccc1)C[C@H](O)COc1ccc2c3c(c(=O)oc2c1)CCC3. The molecule has 0 fully saturated rings. The maximum absolute atomic E-state index is 12.1. The molecule has 1 aliphatic rings. The van der Waals surface area contributed by atoms with Crippen molar-refractivity contribution in [2.24, 2.45) is 0 Å². The van der Waals surface area contributed by atoms with Gasteiger partial charge in [0.1, 0.15) is 37.1 Å². The van der Waals surface area contributed by atoms with Crippen LogP contribution >= 0.6 is 0 Å². The maximum atomic E-state index is 12.1. The van der Waals surface area contributed by atoms with Crippen LogP contribution in [0.4, 0.5) is 0 Å². The summed E-state index contributed by atoms with van der Waals surface area (Å²) in [6.07, 6.45) is 2.15. The summed E-state index contributed by atoms with van der Waals surface area (Å²) in [7, 11) is 2.06. The zero-order valence-corrected chi connectivity index (χ0v) is 16.1. The van der Waals surface area contributed by atoms with E-state index in [1.165, 1.54) is 10.5 Å². The quantitative estimate of drug-likeness (QED) is 0.613. The van der Waals surface area contributed by atoms with Crippen LogP contribution in [0.3, 0.4) is 0 Å². The Kier molecular flexibility index (Phi) is 5.46. The summed E-state index contributed by atoms with van der Waals surface area (Å²) in [5, 5.41) is 11.3. The number of likely N-dealkylation sites (N-methyl/N-ethyl adjacent to an activating group) is 1. The van der Waals surface area contributed by atoms with Crippen LogP contribution in [0.1, 0.15) is 23.1 Å². The van der Waals surface area contributed by atoms with Gasteiger partial charge in [-0.25, -0.2) is 4.79 Å². The molecular weight excluding hydrogens is 354 g/mol. The molecule has 2 N–H and O–H groups in total. The molecule has 1 aromatic heterocycles. The van der Waals surface area contributed by atoms with E-state index in [1.807, 2.05) is 30.3 Å². The van der Waals surface area contributed by atoms with Gasteiger partial charge in [0.25, 0.3) is 0 Å². The van der Waals surface area contributed by atoms with Crippen molar-refractivity contribution in [1.82, 2.24) is 0 Å². The van der Waals surface area contributed by atoms with Crippen LogP contribution in [-0.2, 0) is 19.4 Å². The van der Waals surface area contributed by atoms with E-state index in [2.05, 4.69) is 19.2 Å². The standard InChI is InChI=1S/C23H25NO4/c1-24(13-16-6-3-2-4-7-16)14-17(25)15-27-18-10-11-20-19-8-5-9-21(19)23(26)28-22(20)12-18/h2-4,6-7,10-12,17,25H,5,8-9,13-15H2,1H3/p+1/t17-/m0/s1. The third-order valence-corrected chi connectivity index (χ3v) is 5.32. The molecule has 0 bridgehead atoms. The zero-order chi connectivity index (χ0) is 19.5. The van der Waals surface area contributed by atoms with Gasteiger partial charge in [-0.3, -0.25) is 0 Å². The number of quaternary nitrogens is 1. The van der Waals surface area contributed by atoms with Gasteiger partial charge in [-0.05, 0) is 37.0 Å². The molecule has 2 aromatic carbocycles. The van der Waals surface area contributed by atoms with E-state index in [-0.39, 0.29) is 12.2 Å². The lowest BCUT2D eigenvalue weighted by Crippen LogP contribution is -3.09.